The first-order valence-electron chi connectivity index (χ1n) is 6.68. The van der Waals surface area contributed by atoms with Gasteiger partial charge in [0.15, 0.2) is 0 Å². The van der Waals surface area contributed by atoms with E-state index in [-0.39, 0.29) is 0 Å². The molecular formula is C16H13BrN2S. The highest BCUT2D eigenvalue weighted by atomic mass is 79.9. The van der Waals surface area contributed by atoms with Gasteiger partial charge in [0.05, 0.1) is 10.2 Å². The molecule has 0 atom stereocenters. The quantitative estimate of drug-likeness (QED) is 0.708. The molecule has 0 amide bonds. The van der Waals surface area contributed by atoms with Crippen molar-refractivity contribution in [1.82, 2.24) is 10.3 Å². The Bertz CT molecular complexity index is 794. The van der Waals surface area contributed by atoms with Gasteiger partial charge in [-0.2, -0.15) is 0 Å². The molecule has 0 unspecified atom stereocenters. The van der Waals surface area contributed by atoms with Crippen LogP contribution in [0, 0.1) is 0 Å². The molecule has 0 saturated carbocycles. The van der Waals surface area contributed by atoms with Crippen LogP contribution in [0.4, 0.5) is 0 Å². The molecule has 1 aromatic heterocycles. The molecule has 20 heavy (non-hydrogen) atoms. The Labute approximate surface area is 130 Å². The molecule has 1 aliphatic heterocycles. The number of hydrogen-bond acceptors (Lipinski definition) is 3. The second-order valence-corrected chi connectivity index (χ2v) is 6.99. The van der Waals surface area contributed by atoms with Crippen LogP contribution in [0.2, 0.25) is 0 Å². The van der Waals surface area contributed by atoms with Crippen molar-refractivity contribution in [3.8, 4) is 10.6 Å². The van der Waals surface area contributed by atoms with Crippen molar-refractivity contribution in [3.05, 3.63) is 52.0 Å². The normalized spacial score (nSPS) is 14.4. The van der Waals surface area contributed by atoms with Crippen LogP contribution in [0.3, 0.4) is 0 Å². The lowest BCUT2D eigenvalue weighted by molar-refractivity contribution is 0.644. The first kappa shape index (κ1) is 12.5. The Balaban J connectivity index is 1.82. The van der Waals surface area contributed by atoms with Gasteiger partial charge in [0, 0.05) is 16.6 Å². The van der Waals surface area contributed by atoms with E-state index >= 15 is 0 Å². The molecule has 0 aliphatic carbocycles. The van der Waals surface area contributed by atoms with E-state index in [1.807, 2.05) is 6.07 Å². The number of nitrogens with one attached hydrogen (secondary N) is 1. The van der Waals surface area contributed by atoms with Crippen molar-refractivity contribution in [2.24, 2.45) is 0 Å². The van der Waals surface area contributed by atoms with Gasteiger partial charge in [-0.1, -0.05) is 28.1 Å². The number of fused-ring (bicyclic) bond motifs is 2. The predicted molar refractivity (Wildman–Crippen MR) is 88.2 cm³/mol. The first-order chi connectivity index (χ1) is 9.79. The second-order valence-electron chi connectivity index (χ2n) is 5.04. The highest BCUT2D eigenvalue weighted by Gasteiger charge is 2.12. The summed E-state index contributed by atoms with van der Waals surface area (Å²) in [4.78, 5) is 4.75. The molecule has 0 bridgehead atoms. The van der Waals surface area contributed by atoms with E-state index in [1.165, 1.54) is 21.4 Å². The minimum absolute atomic E-state index is 0.972. The maximum atomic E-state index is 4.75. The topological polar surface area (TPSA) is 24.9 Å². The summed E-state index contributed by atoms with van der Waals surface area (Å²) >= 11 is 5.27. The molecule has 0 radical (unpaired) electrons. The molecule has 2 heterocycles. The van der Waals surface area contributed by atoms with Crippen LogP contribution in [-0.2, 0) is 13.0 Å². The van der Waals surface area contributed by atoms with Crippen molar-refractivity contribution in [2.75, 3.05) is 6.54 Å². The fraction of sp³-hybridized carbons (Fsp3) is 0.188. The number of nitrogens with zero attached hydrogens (tertiary/aromatic N) is 1. The van der Waals surface area contributed by atoms with Crippen LogP contribution in [0.5, 0.6) is 0 Å². The summed E-state index contributed by atoms with van der Waals surface area (Å²) in [5, 5.41) is 4.53. The molecular weight excluding hydrogens is 332 g/mol. The van der Waals surface area contributed by atoms with E-state index < -0.39 is 0 Å². The van der Waals surface area contributed by atoms with Crippen molar-refractivity contribution in [3.63, 3.8) is 0 Å². The predicted octanol–water partition coefficient (Wildman–Crippen LogP) is 4.37. The molecule has 2 aromatic carbocycles. The molecule has 0 saturated heterocycles. The van der Waals surface area contributed by atoms with Gasteiger partial charge >= 0.3 is 0 Å². The molecule has 3 aromatic rings. The zero-order chi connectivity index (χ0) is 13.5. The lowest BCUT2D eigenvalue weighted by atomic mass is 9.99. The van der Waals surface area contributed by atoms with Gasteiger partial charge in [0.2, 0.25) is 0 Å². The summed E-state index contributed by atoms with van der Waals surface area (Å²) in [6.45, 7) is 2.06. The van der Waals surface area contributed by atoms with Crippen LogP contribution in [0.25, 0.3) is 20.8 Å². The number of rotatable bonds is 1. The largest absolute Gasteiger partial charge is 0.312 e. The van der Waals surface area contributed by atoms with E-state index in [4.69, 9.17) is 4.98 Å². The number of aromatic nitrogens is 1. The molecule has 4 rings (SSSR count). The summed E-state index contributed by atoms with van der Waals surface area (Å²) in [6.07, 6.45) is 1.13. The first-order valence-corrected chi connectivity index (χ1v) is 8.29. The maximum absolute atomic E-state index is 4.75. The lowest BCUT2D eigenvalue weighted by Gasteiger charge is -2.17. The Hall–Kier alpha value is -1.23. The fourth-order valence-electron chi connectivity index (χ4n) is 2.64. The van der Waals surface area contributed by atoms with Gasteiger partial charge in [-0.05, 0) is 48.4 Å². The summed E-state index contributed by atoms with van der Waals surface area (Å²) in [6, 6.07) is 13.0. The smallest absolute Gasteiger partial charge is 0.124 e. The molecule has 1 aliphatic rings. The minimum Gasteiger partial charge on any atom is -0.312 e. The van der Waals surface area contributed by atoms with Crippen LogP contribution in [-0.4, -0.2) is 11.5 Å². The van der Waals surface area contributed by atoms with E-state index in [0.717, 1.165) is 34.5 Å². The maximum Gasteiger partial charge on any atom is 0.124 e. The van der Waals surface area contributed by atoms with Gasteiger partial charge in [-0.25, -0.2) is 4.98 Å². The van der Waals surface area contributed by atoms with E-state index in [0.29, 0.717) is 0 Å². The van der Waals surface area contributed by atoms with Crippen LogP contribution < -0.4 is 5.32 Å². The minimum atomic E-state index is 0.972. The third-order valence-electron chi connectivity index (χ3n) is 3.69. The third kappa shape index (κ3) is 2.18. The lowest BCUT2D eigenvalue weighted by Crippen LogP contribution is -2.23. The molecule has 100 valence electrons. The van der Waals surface area contributed by atoms with Crippen molar-refractivity contribution < 1.29 is 0 Å². The van der Waals surface area contributed by atoms with Crippen molar-refractivity contribution in [2.45, 2.75) is 13.0 Å². The zero-order valence-corrected chi connectivity index (χ0v) is 13.2. The SMILES string of the molecule is Brc1ccc2nc(-c3ccc4c(c3)CNCC4)sc2c1. The molecule has 0 fully saturated rings. The fourth-order valence-corrected chi connectivity index (χ4v) is 4.15. The van der Waals surface area contributed by atoms with E-state index in [9.17, 15) is 0 Å². The average molecular weight is 345 g/mol. The van der Waals surface area contributed by atoms with Crippen LogP contribution in [0.15, 0.2) is 40.9 Å². The standard InChI is InChI=1S/C16H13BrN2S/c17-13-3-4-14-15(8-13)20-16(19-14)11-2-1-10-5-6-18-9-12(10)7-11/h1-4,7-8,18H,5-6,9H2. The molecule has 1 N–H and O–H groups in total. The van der Waals surface area contributed by atoms with E-state index in [2.05, 4.69) is 51.6 Å². The van der Waals surface area contributed by atoms with Gasteiger partial charge in [-0.15, -0.1) is 11.3 Å². The highest BCUT2D eigenvalue weighted by Crippen LogP contribution is 2.33. The van der Waals surface area contributed by atoms with Crippen molar-refractivity contribution in [1.29, 1.82) is 0 Å². The summed E-state index contributed by atoms with van der Waals surface area (Å²) in [5.74, 6) is 0. The molecule has 4 heteroatoms. The third-order valence-corrected chi connectivity index (χ3v) is 5.25. The Morgan fingerprint density at radius 1 is 1.10 bits per heavy atom. The van der Waals surface area contributed by atoms with Crippen molar-refractivity contribution >= 4 is 37.5 Å². The zero-order valence-electron chi connectivity index (χ0n) is 10.8. The average Bonchev–Trinajstić information content (AvgIpc) is 2.89. The summed E-state index contributed by atoms with van der Waals surface area (Å²) in [7, 11) is 0. The Morgan fingerprint density at radius 3 is 3.00 bits per heavy atom. The number of thiazole rings is 1. The number of halogens is 1. The number of hydrogen-bond donors (Lipinski definition) is 1. The van der Waals surface area contributed by atoms with Gasteiger partial charge in [0.25, 0.3) is 0 Å². The number of benzene rings is 2. The van der Waals surface area contributed by atoms with Crippen LogP contribution in [0.1, 0.15) is 11.1 Å². The Kier molecular flexibility index (Phi) is 3.10. The highest BCUT2D eigenvalue weighted by molar-refractivity contribution is 9.10. The summed E-state index contributed by atoms with van der Waals surface area (Å²) < 4.78 is 2.33. The second kappa shape index (κ2) is 4.95. The molecule has 2 nitrogen and oxygen atoms in total. The Morgan fingerprint density at radius 2 is 2.05 bits per heavy atom. The van der Waals surface area contributed by atoms with E-state index in [1.54, 1.807) is 11.3 Å². The van der Waals surface area contributed by atoms with Gasteiger partial charge in [-0.3, -0.25) is 0 Å². The monoisotopic (exact) mass is 344 g/mol. The van der Waals surface area contributed by atoms with Crippen LogP contribution >= 0.6 is 27.3 Å². The summed E-state index contributed by atoms with van der Waals surface area (Å²) in [5.41, 5.74) is 5.18. The molecule has 0 spiro atoms. The van der Waals surface area contributed by atoms with Gasteiger partial charge in [0.1, 0.15) is 5.01 Å². The van der Waals surface area contributed by atoms with Gasteiger partial charge < -0.3 is 5.32 Å².